The van der Waals surface area contributed by atoms with Crippen molar-refractivity contribution in [3.63, 3.8) is 0 Å². The number of amides is 1. The van der Waals surface area contributed by atoms with Gasteiger partial charge < -0.3 is 9.47 Å². The molecule has 4 heteroatoms. The Morgan fingerprint density at radius 2 is 2.09 bits per heavy atom. The van der Waals surface area contributed by atoms with Crippen molar-refractivity contribution in [1.82, 2.24) is 14.5 Å². The molecule has 122 valence electrons. The Morgan fingerprint density at radius 3 is 2.86 bits per heavy atom. The SMILES string of the molecule is CCCCn1ccnc1C1CCCN(C(=O)C2CCCC2)C1. The van der Waals surface area contributed by atoms with E-state index in [2.05, 4.69) is 27.6 Å². The second kappa shape index (κ2) is 7.30. The Hall–Kier alpha value is -1.32. The van der Waals surface area contributed by atoms with E-state index in [-0.39, 0.29) is 0 Å². The second-order valence-corrected chi connectivity index (χ2v) is 6.94. The van der Waals surface area contributed by atoms with Gasteiger partial charge in [0, 0.05) is 43.9 Å². The van der Waals surface area contributed by atoms with Crippen LogP contribution in [0.15, 0.2) is 12.4 Å². The fourth-order valence-corrected chi connectivity index (χ4v) is 4.02. The van der Waals surface area contributed by atoms with Gasteiger partial charge in [-0.1, -0.05) is 26.2 Å². The van der Waals surface area contributed by atoms with Gasteiger partial charge in [0.05, 0.1) is 0 Å². The standard InChI is InChI=1S/C18H29N3O/c1-2-3-11-20-13-10-19-17(20)16-9-6-12-21(14-16)18(22)15-7-4-5-8-15/h10,13,15-16H,2-9,11-12,14H2,1H3. The van der Waals surface area contributed by atoms with Crippen LogP contribution >= 0.6 is 0 Å². The fraction of sp³-hybridized carbons (Fsp3) is 0.778. The maximum absolute atomic E-state index is 12.7. The predicted molar refractivity (Wildman–Crippen MR) is 87.6 cm³/mol. The molecule has 1 aliphatic heterocycles. The molecule has 0 N–H and O–H groups in total. The zero-order chi connectivity index (χ0) is 15.4. The first-order chi connectivity index (χ1) is 10.8. The largest absolute Gasteiger partial charge is 0.342 e. The van der Waals surface area contributed by atoms with Gasteiger partial charge in [0.2, 0.25) is 5.91 Å². The van der Waals surface area contributed by atoms with E-state index >= 15 is 0 Å². The number of aryl methyl sites for hydroxylation is 1. The summed E-state index contributed by atoms with van der Waals surface area (Å²) >= 11 is 0. The molecule has 1 amide bonds. The molecular formula is C18H29N3O. The maximum Gasteiger partial charge on any atom is 0.225 e. The molecule has 4 nitrogen and oxygen atoms in total. The molecule has 2 heterocycles. The highest BCUT2D eigenvalue weighted by Crippen LogP contribution is 2.31. The van der Waals surface area contributed by atoms with Gasteiger partial charge in [-0.3, -0.25) is 4.79 Å². The van der Waals surface area contributed by atoms with E-state index in [1.807, 2.05) is 6.20 Å². The first-order valence-electron chi connectivity index (χ1n) is 9.09. The van der Waals surface area contributed by atoms with Crippen molar-refractivity contribution in [3.05, 3.63) is 18.2 Å². The van der Waals surface area contributed by atoms with Crippen LogP contribution in [0.5, 0.6) is 0 Å². The van der Waals surface area contributed by atoms with Crippen LogP contribution in [-0.2, 0) is 11.3 Å². The van der Waals surface area contributed by atoms with E-state index in [4.69, 9.17) is 0 Å². The van der Waals surface area contributed by atoms with Crippen molar-refractivity contribution < 1.29 is 4.79 Å². The Bertz CT molecular complexity index is 490. The van der Waals surface area contributed by atoms with Gasteiger partial charge in [0.15, 0.2) is 0 Å². The van der Waals surface area contributed by atoms with Crippen LogP contribution in [0.3, 0.4) is 0 Å². The number of hydrogen-bond acceptors (Lipinski definition) is 2. The van der Waals surface area contributed by atoms with Crippen LogP contribution in [-0.4, -0.2) is 33.4 Å². The minimum absolute atomic E-state index is 0.304. The molecule has 22 heavy (non-hydrogen) atoms. The highest BCUT2D eigenvalue weighted by Gasteiger charge is 2.32. The zero-order valence-electron chi connectivity index (χ0n) is 13.8. The summed E-state index contributed by atoms with van der Waals surface area (Å²) in [5, 5.41) is 0. The first kappa shape index (κ1) is 15.6. The van der Waals surface area contributed by atoms with Crippen molar-refractivity contribution in [2.75, 3.05) is 13.1 Å². The molecule has 1 aromatic rings. The van der Waals surface area contributed by atoms with E-state index < -0.39 is 0 Å². The van der Waals surface area contributed by atoms with Crippen LogP contribution in [0, 0.1) is 5.92 Å². The molecule has 2 aliphatic rings. The number of aromatic nitrogens is 2. The van der Waals surface area contributed by atoms with E-state index in [0.717, 1.165) is 45.3 Å². The van der Waals surface area contributed by atoms with Crippen molar-refractivity contribution in [3.8, 4) is 0 Å². The quantitative estimate of drug-likeness (QED) is 0.834. The Labute approximate surface area is 133 Å². The lowest BCUT2D eigenvalue weighted by Gasteiger charge is -2.34. The highest BCUT2D eigenvalue weighted by atomic mass is 16.2. The van der Waals surface area contributed by atoms with Crippen LogP contribution in [0.2, 0.25) is 0 Å². The first-order valence-corrected chi connectivity index (χ1v) is 9.09. The summed E-state index contributed by atoms with van der Waals surface area (Å²) in [6.45, 7) is 5.10. The molecule has 2 fully saturated rings. The third-order valence-electron chi connectivity index (χ3n) is 5.30. The number of carbonyl (C=O) groups is 1. The average Bonchev–Trinajstić information content (AvgIpc) is 3.23. The Balaban J connectivity index is 1.65. The van der Waals surface area contributed by atoms with Crippen LogP contribution in [0.1, 0.15) is 70.0 Å². The number of unbranched alkanes of at least 4 members (excludes halogenated alkanes) is 1. The number of hydrogen-bond donors (Lipinski definition) is 0. The molecule has 0 spiro atoms. The van der Waals surface area contributed by atoms with Crippen LogP contribution < -0.4 is 0 Å². The predicted octanol–water partition coefficient (Wildman–Crippen LogP) is 3.58. The lowest BCUT2D eigenvalue weighted by molar-refractivity contribution is -0.136. The molecule has 3 rings (SSSR count). The van der Waals surface area contributed by atoms with Gasteiger partial charge in [-0.2, -0.15) is 0 Å². The fourth-order valence-electron chi connectivity index (χ4n) is 4.02. The van der Waals surface area contributed by atoms with E-state index in [9.17, 15) is 4.79 Å². The summed E-state index contributed by atoms with van der Waals surface area (Å²) in [5.41, 5.74) is 0. The summed E-state index contributed by atoms with van der Waals surface area (Å²) < 4.78 is 2.30. The van der Waals surface area contributed by atoms with Gasteiger partial charge >= 0.3 is 0 Å². The summed E-state index contributed by atoms with van der Waals surface area (Å²) in [7, 11) is 0. The molecule has 1 unspecified atom stereocenters. The number of likely N-dealkylation sites (tertiary alicyclic amines) is 1. The molecule has 1 aromatic heterocycles. The van der Waals surface area contributed by atoms with Gasteiger partial charge in [0.25, 0.3) is 0 Å². The number of nitrogens with zero attached hydrogens (tertiary/aromatic N) is 3. The molecule has 1 saturated carbocycles. The third kappa shape index (κ3) is 3.36. The smallest absolute Gasteiger partial charge is 0.225 e. The van der Waals surface area contributed by atoms with Crippen molar-refractivity contribution in [1.29, 1.82) is 0 Å². The lowest BCUT2D eigenvalue weighted by atomic mass is 9.95. The van der Waals surface area contributed by atoms with Crippen molar-refractivity contribution in [2.24, 2.45) is 5.92 Å². The van der Waals surface area contributed by atoms with Gasteiger partial charge in [-0.25, -0.2) is 4.98 Å². The Morgan fingerprint density at radius 1 is 1.27 bits per heavy atom. The molecule has 1 aliphatic carbocycles. The molecule has 0 bridgehead atoms. The number of imidazole rings is 1. The van der Waals surface area contributed by atoms with Crippen molar-refractivity contribution >= 4 is 5.91 Å². The molecule has 1 atom stereocenters. The van der Waals surface area contributed by atoms with Gasteiger partial charge in [0.1, 0.15) is 5.82 Å². The maximum atomic E-state index is 12.7. The average molecular weight is 303 g/mol. The summed E-state index contributed by atoms with van der Waals surface area (Å²) in [4.78, 5) is 19.4. The summed E-state index contributed by atoms with van der Waals surface area (Å²) in [6.07, 6.45) is 13.4. The monoisotopic (exact) mass is 303 g/mol. The normalized spacial score (nSPS) is 23.1. The van der Waals surface area contributed by atoms with E-state index in [1.54, 1.807) is 0 Å². The van der Waals surface area contributed by atoms with Gasteiger partial charge in [-0.05, 0) is 32.1 Å². The summed E-state index contributed by atoms with van der Waals surface area (Å²) in [5.74, 6) is 2.33. The minimum Gasteiger partial charge on any atom is -0.342 e. The number of piperidine rings is 1. The highest BCUT2D eigenvalue weighted by molar-refractivity contribution is 5.79. The molecular weight excluding hydrogens is 274 g/mol. The van der Waals surface area contributed by atoms with Crippen molar-refractivity contribution in [2.45, 2.75) is 70.8 Å². The molecule has 1 saturated heterocycles. The zero-order valence-corrected chi connectivity index (χ0v) is 13.8. The Kier molecular flexibility index (Phi) is 5.16. The lowest BCUT2D eigenvalue weighted by Crippen LogP contribution is -2.42. The second-order valence-electron chi connectivity index (χ2n) is 6.94. The molecule has 0 radical (unpaired) electrons. The number of carbonyl (C=O) groups excluding carboxylic acids is 1. The van der Waals surface area contributed by atoms with Crippen LogP contribution in [0.25, 0.3) is 0 Å². The third-order valence-corrected chi connectivity index (χ3v) is 5.30. The number of rotatable bonds is 5. The molecule has 0 aromatic carbocycles. The summed E-state index contributed by atoms with van der Waals surface area (Å²) in [6, 6.07) is 0. The minimum atomic E-state index is 0.304. The topological polar surface area (TPSA) is 38.1 Å². The van der Waals surface area contributed by atoms with Gasteiger partial charge in [-0.15, -0.1) is 0 Å². The van der Waals surface area contributed by atoms with E-state index in [1.165, 1.54) is 31.5 Å². The van der Waals surface area contributed by atoms with E-state index in [0.29, 0.717) is 17.7 Å². The van der Waals surface area contributed by atoms with Crippen LogP contribution in [0.4, 0.5) is 0 Å².